The number of halogens is 2. The number of nitrogens with zero attached hydrogens (tertiary/aromatic N) is 2. The lowest BCUT2D eigenvalue weighted by Gasteiger charge is -2.45. The monoisotopic (exact) mass is 538 g/mol. The first kappa shape index (κ1) is 26.8. The van der Waals surface area contributed by atoms with Crippen molar-refractivity contribution >= 4 is 22.1 Å². The van der Waals surface area contributed by atoms with Gasteiger partial charge in [0.1, 0.15) is 11.4 Å². The van der Waals surface area contributed by atoms with Crippen LogP contribution in [0.1, 0.15) is 39.2 Å². The third kappa shape index (κ3) is 4.99. The van der Waals surface area contributed by atoms with Crippen LogP contribution in [0.3, 0.4) is 0 Å². The first-order valence-corrected chi connectivity index (χ1v) is 13.1. The highest BCUT2D eigenvalue weighted by Gasteiger charge is 2.62. The van der Waals surface area contributed by atoms with E-state index in [1.54, 1.807) is 32.9 Å². The number of amides is 1. The van der Waals surface area contributed by atoms with Gasteiger partial charge in [0.15, 0.2) is 22.9 Å². The number of aryl methyl sites for hydroxylation is 1. The van der Waals surface area contributed by atoms with Crippen LogP contribution < -0.4 is 4.74 Å². The molecule has 37 heavy (non-hydrogen) atoms. The molecule has 2 aromatic rings. The molecule has 2 aliphatic heterocycles. The summed E-state index contributed by atoms with van der Waals surface area (Å²) in [5, 5.41) is 10.1. The number of hydrogen-bond acceptors (Lipinski definition) is 6. The molecule has 0 radical (unpaired) electrons. The van der Waals surface area contributed by atoms with Crippen LogP contribution in [0.2, 0.25) is 0 Å². The number of fused-ring (bicyclic) bond motifs is 2. The number of carboxylic acid groups (broad SMARTS) is 1. The number of likely N-dealkylation sites (tertiary alicyclic amines) is 1. The molecule has 2 heterocycles. The molecule has 4 rings (SSSR count). The van der Waals surface area contributed by atoms with Crippen LogP contribution >= 0.6 is 0 Å². The zero-order valence-corrected chi connectivity index (χ0v) is 21.6. The van der Waals surface area contributed by atoms with Crippen LogP contribution in [-0.2, 0) is 19.6 Å². The summed E-state index contributed by atoms with van der Waals surface area (Å²) in [7, 11) is -4.69. The maximum atomic E-state index is 14.9. The van der Waals surface area contributed by atoms with Gasteiger partial charge in [-0.1, -0.05) is 17.7 Å². The number of carbonyl (C=O) groups is 2. The molecule has 1 amide bonds. The Morgan fingerprint density at radius 1 is 1.11 bits per heavy atom. The number of carboxylic acids is 1. The summed E-state index contributed by atoms with van der Waals surface area (Å²) in [6.07, 6.45) is -0.702. The summed E-state index contributed by atoms with van der Waals surface area (Å²) in [5.74, 6) is -4.62. The number of sulfonamides is 1. The molecule has 0 aliphatic carbocycles. The minimum atomic E-state index is -4.69. The largest absolute Gasteiger partial charge is 0.480 e. The third-order valence-electron chi connectivity index (χ3n) is 6.35. The van der Waals surface area contributed by atoms with E-state index in [2.05, 4.69) is 0 Å². The van der Waals surface area contributed by atoms with E-state index in [1.165, 1.54) is 17.0 Å². The molecule has 2 saturated heterocycles. The van der Waals surface area contributed by atoms with E-state index in [0.29, 0.717) is 12.1 Å². The number of ether oxygens (including phenoxy) is 2. The molecular weight excluding hydrogens is 510 g/mol. The Kier molecular flexibility index (Phi) is 6.70. The van der Waals surface area contributed by atoms with Crippen LogP contribution in [-0.4, -0.2) is 65.1 Å². The van der Waals surface area contributed by atoms with E-state index in [9.17, 15) is 31.9 Å². The standard InChI is InChI=1S/C25H28F2N2O7S/c1-15-5-7-17(8-6-15)35-21-19(26)11-18(12-20(21)27)37(33,34)29-16-9-10-25(29,22(30)31)14-28(13-16)23(32)36-24(2,3)4/h5-8,11-12,16H,9-10,13-14H2,1-4H3,(H,30,31). The zero-order chi connectivity index (χ0) is 27.3. The lowest BCUT2D eigenvalue weighted by Crippen LogP contribution is -2.67. The van der Waals surface area contributed by atoms with Gasteiger partial charge in [-0.25, -0.2) is 22.0 Å². The maximum Gasteiger partial charge on any atom is 0.410 e. The van der Waals surface area contributed by atoms with Crippen molar-refractivity contribution in [2.24, 2.45) is 0 Å². The van der Waals surface area contributed by atoms with Gasteiger partial charge in [-0.3, -0.25) is 4.79 Å². The highest BCUT2D eigenvalue weighted by atomic mass is 32.2. The van der Waals surface area contributed by atoms with Crippen molar-refractivity contribution in [1.29, 1.82) is 0 Å². The number of carbonyl (C=O) groups excluding carboxylic acids is 1. The molecule has 1 N–H and O–H groups in total. The second kappa shape index (κ2) is 9.25. The van der Waals surface area contributed by atoms with Gasteiger partial charge in [0, 0.05) is 12.6 Å². The Morgan fingerprint density at radius 2 is 1.70 bits per heavy atom. The van der Waals surface area contributed by atoms with Crippen molar-refractivity contribution in [2.75, 3.05) is 13.1 Å². The predicted octanol–water partition coefficient (Wildman–Crippen LogP) is 4.29. The van der Waals surface area contributed by atoms with Crippen molar-refractivity contribution < 1.29 is 41.4 Å². The smallest absolute Gasteiger partial charge is 0.410 e. The van der Waals surface area contributed by atoms with E-state index in [0.717, 1.165) is 9.87 Å². The van der Waals surface area contributed by atoms with Gasteiger partial charge < -0.3 is 19.5 Å². The van der Waals surface area contributed by atoms with Crippen LogP contribution in [0.15, 0.2) is 41.3 Å². The van der Waals surface area contributed by atoms with E-state index in [-0.39, 0.29) is 25.1 Å². The molecule has 2 aromatic carbocycles. The highest BCUT2D eigenvalue weighted by Crippen LogP contribution is 2.44. The lowest BCUT2D eigenvalue weighted by molar-refractivity contribution is -0.150. The van der Waals surface area contributed by atoms with E-state index >= 15 is 0 Å². The van der Waals surface area contributed by atoms with Gasteiger partial charge in [0.2, 0.25) is 10.0 Å². The molecular formula is C25H28F2N2O7S. The second-order valence-electron chi connectivity index (χ2n) is 10.3. The summed E-state index contributed by atoms with van der Waals surface area (Å²) in [6.45, 7) is 6.21. The molecule has 200 valence electrons. The number of hydrogen-bond donors (Lipinski definition) is 1. The Hall–Kier alpha value is -3.25. The molecule has 0 saturated carbocycles. The normalized spacial score (nSPS) is 22.1. The van der Waals surface area contributed by atoms with Crippen molar-refractivity contribution in [2.45, 2.75) is 62.6 Å². The molecule has 0 aromatic heterocycles. The van der Waals surface area contributed by atoms with Gasteiger partial charge in [0.05, 0.1) is 11.4 Å². The lowest BCUT2D eigenvalue weighted by atomic mass is 9.97. The molecule has 2 unspecified atom stereocenters. The summed E-state index contributed by atoms with van der Waals surface area (Å²) >= 11 is 0. The Morgan fingerprint density at radius 3 is 2.24 bits per heavy atom. The number of piperazine rings is 1. The Labute approximate surface area is 213 Å². The van der Waals surface area contributed by atoms with Gasteiger partial charge in [0.25, 0.3) is 0 Å². The Bertz CT molecular complexity index is 1320. The average molecular weight is 539 g/mol. The summed E-state index contributed by atoms with van der Waals surface area (Å²) in [4.78, 5) is 25.5. The Balaban J connectivity index is 1.67. The number of benzene rings is 2. The molecule has 2 atom stereocenters. The minimum Gasteiger partial charge on any atom is -0.480 e. The third-order valence-corrected chi connectivity index (χ3v) is 8.34. The molecule has 0 spiro atoms. The maximum absolute atomic E-state index is 14.9. The van der Waals surface area contributed by atoms with Gasteiger partial charge >= 0.3 is 12.1 Å². The fourth-order valence-electron chi connectivity index (χ4n) is 4.71. The fraction of sp³-hybridized carbons (Fsp3) is 0.440. The van der Waals surface area contributed by atoms with Crippen molar-refractivity contribution in [3.05, 3.63) is 53.6 Å². The summed E-state index contributed by atoms with van der Waals surface area (Å²) < 4.78 is 68.5. The number of aliphatic carboxylic acids is 1. The second-order valence-corrected chi connectivity index (χ2v) is 12.1. The topological polar surface area (TPSA) is 113 Å². The van der Waals surface area contributed by atoms with Crippen LogP contribution in [0, 0.1) is 18.6 Å². The van der Waals surface area contributed by atoms with Crippen LogP contribution in [0.5, 0.6) is 11.5 Å². The van der Waals surface area contributed by atoms with Gasteiger partial charge in [-0.15, -0.1) is 0 Å². The van der Waals surface area contributed by atoms with E-state index < -0.39 is 68.1 Å². The zero-order valence-electron chi connectivity index (χ0n) is 20.8. The fourth-order valence-corrected chi connectivity index (χ4v) is 6.70. The minimum absolute atomic E-state index is 0.0783. The van der Waals surface area contributed by atoms with Crippen molar-refractivity contribution in [3.8, 4) is 11.5 Å². The first-order chi connectivity index (χ1) is 17.1. The average Bonchev–Trinajstić information content (AvgIpc) is 3.05. The van der Waals surface area contributed by atoms with Crippen LogP contribution in [0.25, 0.3) is 0 Å². The molecule has 2 fully saturated rings. The number of rotatable bonds is 5. The first-order valence-electron chi connectivity index (χ1n) is 11.6. The summed E-state index contributed by atoms with van der Waals surface area (Å²) in [6, 6.07) is 6.68. The van der Waals surface area contributed by atoms with Crippen molar-refractivity contribution in [1.82, 2.24) is 9.21 Å². The van der Waals surface area contributed by atoms with Gasteiger partial charge in [-0.05, 0) is 64.8 Å². The summed E-state index contributed by atoms with van der Waals surface area (Å²) in [5.41, 5.74) is -1.95. The van der Waals surface area contributed by atoms with Crippen molar-refractivity contribution in [3.63, 3.8) is 0 Å². The van der Waals surface area contributed by atoms with Gasteiger partial charge in [-0.2, -0.15) is 4.31 Å². The SMILES string of the molecule is Cc1ccc(Oc2c(F)cc(S(=O)(=O)N3C4CCC3(C(=O)O)CN(C(=O)OC(C)(C)C)C4)cc2F)cc1. The molecule has 12 heteroatoms. The van der Waals surface area contributed by atoms with Crippen LogP contribution in [0.4, 0.5) is 13.6 Å². The molecule has 2 aliphatic rings. The van der Waals surface area contributed by atoms with E-state index in [4.69, 9.17) is 9.47 Å². The quantitative estimate of drug-likeness (QED) is 0.604. The molecule has 2 bridgehead atoms. The highest BCUT2D eigenvalue weighted by molar-refractivity contribution is 7.89. The molecule has 9 nitrogen and oxygen atoms in total. The predicted molar refractivity (Wildman–Crippen MR) is 128 cm³/mol. The van der Waals surface area contributed by atoms with E-state index in [1.807, 2.05) is 6.92 Å².